The second kappa shape index (κ2) is 3.29. The Bertz CT molecular complexity index is 352. The molecule has 0 aliphatic heterocycles. The van der Waals surface area contributed by atoms with Gasteiger partial charge in [-0.05, 0) is 13.3 Å². The number of nitrogens with one attached hydrogen (secondary N) is 1. The summed E-state index contributed by atoms with van der Waals surface area (Å²) in [7, 11) is 0. The number of hydrogen-bond acceptors (Lipinski definition) is 3. The lowest BCUT2D eigenvalue weighted by atomic mass is 10.2. The van der Waals surface area contributed by atoms with Gasteiger partial charge in [0.05, 0.1) is 0 Å². The number of aromatic amines is 1. The van der Waals surface area contributed by atoms with Crippen LogP contribution in [0.15, 0.2) is 5.16 Å². The summed E-state index contributed by atoms with van der Waals surface area (Å²) in [6.45, 7) is 3.96. The number of thioether (sulfide) groups is 1. The summed E-state index contributed by atoms with van der Waals surface area (Å²) in [5.74, 6) is 1.69. The van der Waals surface area contributed by atoms with Crippen LogP contribution in [0.4, 0.5) is 0 Å². The molecule has 1 fully saturated rings. The summed E-state index contributed by atoms with van der Waals surface area (Å²) in [6.07, 6.45) is 0.847. The molecule has 3 nitrogen and oxygen atoms in total. The predicted molar refractivity (Wildman–Crippen MR) is 59.0 cm³/mol. The maximum absolute atomic E-state index is 6.02. The Morgan fingerprint density at radius 3 is 2.64 bits per heavy atom. The lowest BCUT2D eigenvalue weighted by Gasteiger charge is -2.08. The maximum atomic E-state index is 6.02. The molecule has 0 spiro atoms. The molecule has 1 saturated carbocycles. The van der Waals surface area contributed by atoms with Crippen LogP contribution in [0, 0.1) is 12.3 Å². The van der Waals surface area contributed by atoms with Crippen LogP contribution in [-0.4, -0.2) is 25.3 Å². The molecule has 1 N–H and O–H groups in total. The highest BCUT2D eigenvalue weighted by Gasteiger charge is 2.62. The first-order valence-electron chi connectivity index (χ1n) is 4.33. The van der Waals surface area contributed by atoms with Crippen molar-refractivity contribution in [1.82, 2.24) is 15.2 Å². The fourth-order valence-corrected chi connectivity index (χ4v) is 3.20. The Labute approximate surface area is 97.0 Å². The van der Waals surface area contributed by atoms with Crippen molar-refractivity contribution in [3.05, 3.63) is 5.82 Å². The zero-order valence-electron chi connectivity index (χ0n) is 7.97. The zero-order chi connectivity index (χ0) is 10.4. The van der Waals surface area contributed by atoms with Crippen molar-refractivity contribution in [2.24, 2.45) is 5.41 Å². The van der Waals surface area contributed by atoms with E-state index >= 15 is 0 Å². The van der Waals surface area contributed by atoms with Crippen molar-refractivity contribution in [2.75, 3.05) is 5.75 Å². The first-order valence-corrected chi connectivity index (χ1v) is 6.07. The third-order valence-electron chi connectivity index (χ3n) is 2.47. The molecule has 0 radical (unpaired) electrons. The number of alkyl halides is 2. The van der Waals surface area contributed by atoms with Crippen molar-refractivity contribution in [3.63, 3.8) is 0 Å². The van der Waals surface area contributed by atoms with Gasteiger partial charge in [0.25, 0.3) is 0 Å². The van der Waals surface area contributed by atoms with Gasteiger partial charge in [-0.1, -0.05) is 18.7 Å². The van der Waals surface area contributed by atoms with E-state index in [1.807, 2.05) is 6.92 Å². The Hall–Kier alpha value is 0.0700. The van der Waals surface area contributed by atoms with Gasteiger partial charge in [-0.25, -0.2) is 4.98 Å². The molecule has 1 aromatic rings. The van der Waals surface area contributed by atoms with Crippen molar-refractivity contribution >= 4 is 35.0 Å². The third kappa shape index (κ3) is 1.88. The van der Waals surface area contributed by atoms with Gasteiger partial charge in [-0.15, -0.1) is 28.3 Å². The molecule has 0 aromatic carbocycles. The first-order chi connectivity index (χ1) is 6.43. The standard InChI is InChI=1S/C8H11Cl2N3S/c1-5-11-6(13-12-5)14-4-7(2)3-8(7,9)10/h3-4H2,1-2H3,(H,11,12,13)/t7-/m1/s1. The normalized spacial score (nSPS) is 29.1. The number of hydrogen-bond donors (Lipinski definition) is 1. The SMILES string of the molecule is Cc1nc(SC[C@@]2(C)CC2(Cl)Cl)n[nH]1. The molecule has 1 heterocycles. The van der Waals surface area contributed by atoms with Gasteiger partial charge in [0.15, 0.2) is 0 Å². The highest BCUT2D eigenvalue weighted by atomic mass is 35.5. The van der Waals surface area contributed by atoms with Crippen LogP contribution in [0.5, 0.6) is 0 Å². The second-order valence-electron chi connectivity index (χ2n) is 3.93. The highest BCUT2D eigenvalue weighted by molar-refractivity contribution is 7.99. The molecule has 0 unspecified atom stereocenters. The number of aromatic nitrogens is 3. The van der Waals surface area contributed by atoms with Crippen molar-refractivity contribution in [2.45, 2.75) is 29.8 Å². The first kappa shape index (κ1) is 10.6. The minimum Gasteiger partial charge on any atom is -0.262 e. The van der Waals surface area contributed by atoms with Crippen molar-refractivity contribution in [1.29, 1.82) is 0 Å². The van der Waals surface area contributed by atoms with Crippen molar-refractivity contribution in [3.8, 4) is 0 Å². The van der Waals surface area contributed by atoms with Crippen LogP contribution in [0.25, 0.3) is 0 Å². The summed E-state index contributed by atoms with van der Waals surface area (Å²) < 4.78 is -0.550. The summed E-state index contributed by atoms with van der Waals surface area (Å²) in [4.78, 5) is 4.20. The predicted octanol–water partition coefficient (Wildman–Crippen LogP) is 2.79. The molecule has 6 heteroatoms. The summed E-state index contributed by atoms with van der Waals surface area (Å²) in [5.41, 5.74) is 0.00924. The van der Waals surface area contributed by atoms with E-state index in [4.69, 9.17) is 23.2 Å². The average Bonchev–Trinajstić information content (AvgIpc) is 2.46. The van der Waals surface area contributed by atoms with E-state index in [1.165, 1.54) is 0 Å². The summed E-state index contributed by atoms with van der Waals surface area (Å²) in [5, 5.41) is 7.60. The van der Waals surface area contributed by atoms with Gasteiger partial charge in [0.1, 0.15) is 10.2 Å². The quantitative estimate of drug-likeness (QED) is 0.664. The van der Waals surface area contributed by atoms with E-state index in [9.17, 15) is 0 Å². The molecule has 1 aliphatic rings. The maximum Gasteiger partial charge on any atom is 0.208 e. The zero-order valence-corrected chi connectivity index (χ0v) is 10.3. The van der Waals surface area contributed by atoms with E-state index in [0.717, 1.165) is 23.2 Å². The Morgan fingerprint density at radius 2 is 2.21 bits per heavy atom. The molecule has 1 atom stereocenters. The summed E-state index contributed by atoms with van der Waals surface area (Å²) in [6, 6.07) is 0. The fraction of sp³-hybridized carbons (Fsp3) is 0.750. The van der Waals surface area contributed by atoms with E-state index in [2.05, 4.69) is 22.1 Å². The lowest BCUT2D eigenvalue weighted by Crippen LogP contribution is -2.07. The van der Waals surface area contributed by atoms with Crippen LogP contribution in [0.2, 0.25) is 0 Å². The third-order valence-corrected chi connectivity index (χ3v) is 4.87. The molecule has 1 aromatic heterocycles. The molecular weight excluding hydrogens is 241 g/mol. The van der Waals surface area contributed by atoms with E-state index in [1.54, 1.807) is 11.8 Å². The van der Waals surface area contributed by atoms with Crippen LogP contribution < -0.4 is 0 Å². The van der Waals surface area contributed by atoms with Crippen molar-refractivity contribution < 1.29 is 0 Å². The number of nitrogens with zero attached hydrogens (tertiary/aromatic N) is 2. The Balaban J connectivity index is 1.90. The van der Waals surface area contributed by atoms with Crippen LogP contribution in [0.3, 0.4) is 0 Å². The van der Waals surface area contributed by atoms with Crippen LogP contribution in [-0.2, 0) is 0 Å². The van der Waals surface area contributed by atoms with Gasteiger partial charge < -0.3 is 0 Å². The number of aryl methyl sites for hydroxylation is 1. The minimum atomic E-state index is -0.550. The van der Waals surface area contributed by atoms with Gasteiger partial charge >= 0.3 is 0 Å². The van der Waals surface area contributed by atoms with Crippen LogP contribution in [0.1, 0.15) is 19.2 Å². The minimum absolute atomic E-state index is 0.00924. The largest absolute Gasteiger partial charge is 0.262 e. The number of rotatable bonds is 3. The summed E-state index contributed by atoms with van der Waals surface area (Å²) >= 11 is 13.6. The molecular formula is C8H11Cl2N3S. The second-order valence-corrected chi connectivity index (χ2v) is 6.36. The molecule has 14 heavy (non-hydrogen) atoms. The monoisotopic (exact) mass is 251 g/mol. The number of H-pyrrole nitrogens is 1. The average molecular weight is 252 g/mol. The lowest BCUT2D eigenvalue weighted by molar-refractivity contribution is 0.653. The molecule has 0 amide bonds. The van der Waals surface area contributed by atoms with Crippen LogP contribution >= 0.6 is 35.0 Å². The van der Waals surface area contributed by atoms with E-state index in [0.29, 0.717) is 0 Å². The van der Waals surface area contributed by atoms with Gasteiger partial charge in [-0.2, -0.15) is 0 Å². The highest BCUT2D eigenvalue weighted by Crippen LogP contribution is 2.65. The fourth-order valence-electron chi connectivity index (χ4n) is 1.21. The Morgan fingerprint density at radius 1 is 1.57 bits per heavy atom. The topological polar surface area (TPSA) is 41.6 Å². The van der Waals surface area contributed by atoms with Gasteiger partial charge in [-0.3, -0.25) is 5.10 Å². The molecule has 2 rings (SSSR count). The smallest absolute Gasteiger partial charge is 0.208 e. The van der Waals surface area contributed by atoms with E-state index < -0.39 is 4.33 Å². The molecule has 1 aliphatic carbocycles. The molecule has 0 bridgehead atoms. The molecule has 0 saturated heterocycles. The van der Waals surface area contributed by atoms with Gasteiger partial charge in [0.2, 0.25) is 5.16 Å². The molecule has 78 valence electrons. The van der Waals surface area contributed by atoms with E-state index in [-0.39, 0.29) is 5.41 Å². The Kier molecular flexibility index (Phi) is 2.48. The van der Waals surface area contributed by atoms with Gasteiger partial charge in [0, 0.05) is 11.2 Å². The number of halogens is 2.